The fourth-order valence-electron chi connectivity index (χ4n) is 0.167. The molecule has 0 heterocycles. The van der Waals surface area contributed by atoms with Gasteiger partial charge in [-0.1, -0.05) is 6.92 Å². The van der Waals surface area contributed by atoms with Crippen LogP contribution in [0.15, 0.2) is 0 Å². The molecule has 0 aromatic carbocycles. The van der Waals surface area contributed by atoms with Gasteiger partial charge in [0.15, 0.2) is 0 Å². The van der Waals surface area contributed by atoms with E-state index in [2.05, 4.69) is 13.8 Å². The Bertz CT molecular complexity index is 30.9. The zero-order chi connectivity index (χ0) is 4.99. The van der Waals surface area contributed by atoms with E-state index in [4.69, 9.17) is 4.43 Å². The maximum absolute atomic E-state index is 5.04. The molecule has 3 N–H and O–H groups in total. The fraction of sp³-hybridized carbons (Fsp3) is 1.00. The van der Waals surface area contributed by atoms with Crippen molar-refractivity contribution < 1.29 is 4.43 Å². The molecule has 3 heteroatoms. The summed E-state index contributed by atoms with van der Waals surface area (Å²) in [6, 6.07) is 0. The molecule has 0 rings (SSSR count). The molecule has 0 spiro atoms. The minimum atomic E-state index is 0. The maximum atomic E-state index is 5.04. The molecule has 1 unspecified atom stereocenters. The maximum Gasteiger partial charge on any atom is 0.146 e. The lowest BCUT2D eigenvalue weighted by Crippen LogP contribution is -2.01. The predicted molar refractivity (Wildman–Crippen MR) is 35.8 cm³/mol. The van der Waals surface area contributed by atoms with Crippen LogP contribution < -0.4 is 6.15 Å². The Morgan fingerprint density at radius 3 is 2.14 bits per heavy atom. The Labute approximate surface area is 48.4 Å². The highest BCUT2D eigenvalue weighted by Gasteiger charge is 1.87. The lowest BCUT2D eigenvalue weighted by molar-refractivity contribution is 0.239. The third-order valence-corrected chi connectivity index (χ3v) is 1.78. The van der Waals surface area contributed by atoms with Crippen LogP contribution in [-0.4, -0.2) is 16.6 Å². The second kappa shape index (κ2) is 6.14. The van der Waals surface area contributed by atoms with Crippen LogP contribution in [0.2, 0.25) is 0 Å². The lowest BCUT2D eigenvalue weighted by atomic mass is 10.3. The molecule has 0 aliphatic heterocycles. The van der Waals surface area contributed by atoms with Crippen molar-refractivity contribution in [2.75, 3.05) is 0 Å². The van der Waals surface area contributed by atoms with Crippen molar-refractivity contribution in [3.05, 3.63) is 0 Å². The van der Waals surface area contributed by atoms with Crippen molar-refractivity contribution in [3.63, 3.8) is 0 Å². The largest absolute Gasteiger partial charge is 0.425 e. The molecule has 0 aromatic rings. The van der Waals surface area contributed by atoms with E-state index in [0.717, 1.165) is 16.9 Å². The molecule has 0 aliphatic rings. The minimum absolute atomic E-state index is 0. The number of rotatable bonds is 2. The molecule has 46 valence electrons. The van der Waals surface area contributed by atoms with Crippen LogP contribution in [0, 0.1) is 0 Å². The summed E-state index contributed by atoms with van der Waals surface area (Å²) in [7, 11) is 0.882. The fourth-order valence-corrected chi connectivity index (χ4v) is 0.500. The molecule has 7 heavy (non-hydrogen) atoms. The van der Waals surface area contributed by atoms with Crippen molar-refractivity contribution in [2.24, 2.45) is 0 Å². The summed E-state index contributed by atoms with van der Waals surface area (Å²) in [5, 5.41) is 0. The minimum Gasteiger partial charge on any atom is -0.425 e. The van der Waals surface area contributed by atoms with Gasteiger partial charge in [-0.05, 0) is 13.3 Å². The predicted octanol–water partition coefficient (Wildman–Crippen LogP) is 0.244. The van der Waals surface area contributed by atoms with E-state index >= 15 is 0 Å². The number of hydrogen-bond acceptors (Lipinski definition) is 2. The van der Waals surface area contributed by atoms with Gasteiger partial charge in [-0.3, -0.25) is 0 Å². The van der Waals surface area contributed by atoms with Gasteiger partial charge in [-0.25, -0.2) is 0 Å². The first-order valence-corrected chi connectivity index (χ1v) is 3.15. The summed E-state index contributed by atoms with van der Waals surface area (Å²) in [6.45, 7) is 4.22. The average molecular weight is 121 g/mol. The number of hydrogen-bond donors (Lipinski definition) is 1. The monoisotopic (exact) mass is 121 g/mol. The first kappa shape index (κ1) is 10.2. The van der Waals surface area contributed by atoms with Crippen molar-refractivity contribution in [3.8, 4) is 0 Å². The quantitative estimate of drug-likeness (QED) is 0.532. The lowest BCUT2D eigenvalue weighted by Gasteiger charge is -2.02. The van der Waals surface area contributed by atoms with E-state index in [1.807, 2.05) is 0 Å². The van der Waals surface area contributed by atoms with E-state index in [9.17, 15) is 0 Å². The summed E-state index contributed by atoms with van der Waals surface area (Å²) in [6.07, 6.45) is 1.64. The first-order chi connectivity index (χ1) is 2.81. The van der Waals surface area contributed by atoms with E-state index in [1.54, 1.807) is 0 Å². The third kappa shape index (κ3) is 6.14. The molecule has 0 bridgehead atoms. The molecule has 0 fully saturated rings. The SMILES string of the molecule is CCC(C)O[SiH3].N. The van der Waals surface area contributed by atoms with Gasteiger partial charge in [0.25, 0.3) is 0 Å². The van der Waals surface area contributed by atoms with Gasteiger partial charge >= 0.3 is 0 Å². The summed E-state index contributed by atoms with van der Waals surface area (Å²) in [4.78, 5) is 0. The Kier molecular flexibility index (Phi) is 8.93. The van der Waals surface area contributed by atoms with E-state index in [-0.39, 0.29) is 6.15 Å². The summed E-state index contributed by atoms with van der Waals surface area (Å²) < 4.78 is 5.04. The van der Waals surface area contributed by atoms with Crippen LogP contribution in [0.5, 0.6) is 0 Å². The first-order valence-electron chi connectivity index (χ1n) is 2.34. The Balaban J connectivity index is 0. The topological polar surface area (TPSA) is 44.2 Å². The van der Waals surface area contributed by atoms with Gasteiger partial charge in [-0.2, -0.15) is 0 Å². The van der Waals surface area contributed by atoms with Crippen molar-refractivity contribution in [2.45, 2.75) is 26.4 Å². The van der Waals surface area contributed by atoms with Crippen LogP contribution in [0.1, 0.15) is 20.3 Å². The molecular formula is C4H15NOSi. The molecular weight excluding hydrogens is 106 g/mol. The van der Waals surface area contributed by atoms with Gasteiger partial charge in [0.05, 0.1) is 0 Å². The van der Waals surface area contributed by atoms with Gasteiger partial charge in [-0.15, -0.1) is 0 Å². The van der Waals surface area contributed by atoms with Crippen LogP contribution in [0.4, 0.5) is 0 Å². The van der Waals surface area contributed by atoms with Crippen LogP contribution >= 0.6 is 0 Å². The van der Waals surface area contributed by atoms with E-state index in [1.165, 1.54) is 0 Å². The molecule has 0 saturated carbocycles. The second-order valence-electron chi connectivity index (χ2n) is 1.45. The zero-order valence-corrected chi connectivity index (χ0v) is 7.40. The highest BCUT2D eigenvalue weighted by molar-refractivity contribution is 5.98. The van der Waals surface area contributed by atoms with Gasteiger partial charge in [0.2, 0.25) is 0 Å². The molecule has 2 nitrogen and oxygen atoms in total. The molecule has 0 amide bonds. The summed E-state index contributed by atoms with van der Waals surface area (Å²) in [5.74, 6) is 0. The Morgan fingerprint density at radius 2 is 2.14 bits per heavy atom. The van der Waals surface area contributed by atoms with Gasteiger partial charge < -0.3 is 10.6 Å². The van der Waals surface area contributed by atoms with Crippen molar-refractivity contribution in [1.82, 2.24) is 6.15 Å². The van der Waals surface area contributed by atoms with E-state index < -0.39 is 0 Å². The highest BCUT2D eigenvalue weighted by Crippen LogP contribution is 1.89. The van der Waals surface area contributed by atoms with Crippen LogP contribution in [-0.2, 0) is 4.43 Å². The van der Waals surface area contributed by atoms with Gasteiger partial charge in [0, 0.05) is 6.10 Å². The summed E-state index contributed by atoms with van der Waals surface area (Å²) in [5.41, 5.74) is 0. The summed E-state index contributed by atoms with van der Waals surface area (Å²) >= 11 is 0. The molecule has 0 saturated heterocycles. The van der Waals surface area contributed by atoms with Crippen molar-refractivity contribution in [1.29, 1.82) is 0 Å². The molecule has 0 aliphatic carbocycles. The smallest absolute Gasteiger partial charge is 0.146 e. The van der Waals surface area contributed by atoms with Crippen LogP contribution in [0.3, 0.4) is 0 Å². The highest BCUT2D eigenvalue weighted by atomic mass is 28.2. The third-order valence-electron chi connectivity index (χ3n) is 0.977. The van der Waals surface area contributed by atoms with E-state index in [0.29, 0.717) is 6.10 Å². The normalized spacial score (nSPS) is 12.9. The Hall–Kier alpha value is 0.137. The molecule has 1 atom stereocenters. The molecule has 0 aromatic heterocycles. The Morgan fingerprint density at radius 1 is 1.71 bits per heavy atom. The van der Waals surface area contributed by atoms with Gasteiger partial charge in [0.1, 0.15) is 10.5 Å². The van der Waals surface area contributed by atoms with Crippen LogP contribution in [0.25, 0.3) is 0 Å². The second-order valence-corrected chi connectivity index (χ2v) is 1.93. The zero-order valence-electron chi connectivity index (χ0n) is 5.40. The van der Waals surface area contributed by atoms with Crippen molar-refractivity contribution >= 4 is 10.5 Å². The molecule has 0 radical (unpaired) electrons. The average Bonchev–Trinajstić information content (AvgIpc) is 1.65. The standard InChI is InChI=1S/C4H12OSi.H3N/c1-3-4(2)5-6;/h4H,3H2,1-2,6H3;1H3.